The van der Waals surface area contributed by atoms with Gasteiger partial charge in [0.1, 0.15) is 17.2 Å². The summed E-state index contributed by atoms with van der Waals surface area (Å²) in [5.41, 5.74) is 16.7. The molecule has 0 bridgehead atoms. The molecule has 6 nitrogen and oxygen atoms in total. The van der Waals surface area contributed by atoms with Crippen molar-refractivity contribution in [2.75, 3.05) is 7.11 Å². The number of hydrogen-bond donors (Lipinski definition) is 0. The van der Waals surface area contributed by atoms with Gasteiger partial charge in [-0.25, -0.2) is 0 Å². The number of hydrogen-bond acceptors (Lipinski definition) is 2. The third kappa shape index (κ3) is 5.77. The summed E-state index contributed by atoms with van der Waals surface area (Å²) >= 11 is 0. The quantitative estimate of drug-likeness (QED) is 0.156. The minimum atomic E-state index is -0.205. The highest BCUT2D eigenvalue weighted by molar-refractivity contribution is 6.97. The van der Waals surface area contributed by atoms with Gasteiger partial charge in [-0.3, -0.25) is 0 Å². The van der Waals surface area contributed by atoms with Crippen molar-refractivity contribution in [1.29, 1.82) is 0 Å². The molecule has 0 N–H and O–H groups in total. The molecule has 0 fully saturated rings. The van der Waals surface area contributed by atoms with Crippen molar-refractivity contribution in [3.8, 4) is 40.0 Å². The second-order valence-corrected chi connectivity index (χ2v) is 19.6. The first kappa shape index (κ1) is 41.0. The van der Waals surface area contributed by atoms with Gasteiger partial charge in [0.2, 0.25) is 0 Å². The predicted molar refractivity (Wildman–Crippen MR) is 308 cm³/mol. The van der Waals surface area contributed by atoms with Crippen molar-refractivity contribution >= 4 is 110 Å². The molecule has 0 spiro atoms. The van der Waals surface area contributed by atoms with Crippen LogP contribution in [-0.2, 0) is 0 Å². The number of fused-ring (bicyclic) bond motifs is 14. The number of benzene rings is 11. The smallest absolute Gasteiger partial charge is 0.255 e. The zero-order valence-corrected chi connectivity index (χ0v) is 40.3. The van der Waals surface area contributed by atoms with Crippen LogP contribution in [0.2, 0.25) is 0 Å². The molecular formula is C67H43BN4O2. The molecule has 0 aliphatic carbocycles. The Morgan fingerprint density at radius 2 is 0.662 bits per heavy atom. The molecule has 0 unspecified atom stereocenters. The number of ether oxygens (including phenoxy) is 2. The topological polar surface area (TPSA) is 38.2 Å². The van der Waals surface area contributed by atoms with E-state index < -0.39 is 0 Å². The summed E-state index contributed by atoms with van der Waals surface area (Å²) in [5.74, 6) is 2.34. The molecular weight excluding hydrogens is 904 g/mol. The minimum Gasteiger partial charge on any atom is -0.497 e. The van der Waals surface area contributed by atoms with Gasteiger partial charge in [0, 0.05) is 83.8 Å². The van der Waals surface area contributed by atoms with Gasteiger partial charge in [0.25, 0.3) is 6.71 Å². The zero-order valence-electron chi connectivity index (χ0n) is 40.3. The number of nitrogens with zero attached hydrogens (tertiary/aromatic N) is 4. The van der Waals surface area contributed by atoms with Gasteiger partial charge >= 0.3 is 0 Å². The average Bonchev–Trinajstić information content (AvgIpc) is 4.19. The molecule has 15 aromatic rings. The van der Waals surface area contributed by atoms with Gasteiger partial charge < -0.3 is 27.7 Å². The van der Waals surface area contributed by atoms with Gasteiger partial charge in [-0.1, -0.05) is 151 Å². The lowest BCUT2D eigenvalue weighted by atomic mass is 9.35. The van der Waals surface area contributed by atoms with Crippen molar-refractivity contribution < 1.29 is 9.47 Å². The molecule has 1 aliphatic heterocycles. The maximum atomic E-state index is 7.31. The van der Waals surface area contributed by atoms with Crippen LogP contribution in [0.1, 0.15) is 0 Å². The lowest BCUT2D eigenvalue weighted by Gasteiger charge is -2.30. The molecule has 0 saturated heterocycles. The molecule has 1 aliphatic rings. The largest absolute Gasteiger partial charge is 0.497 e. The first-order valence-electron chi connectivity index (χ1n) is 25.3. The fraction of sp³-hybridized carbons (Fsp3) is 0.0149. The van der Waals surface area contributed by atoms with Crippen LogP contribution in [0.5, 0.6) is 17.2 Å². The Hall–Kier alpha value is -9.72. The van der Waals surface area contributed by atoms with Crippen LogP contribution >= 0.6 is 0 Å². The molecule has 0 atom stereocenters. The first-order valence-corrected chi connectivity index (χ1v) is 25.3. The Morgan fingerprint density at radius 3 is 1.12 bits per heavy atom. The molecule has 4 aromatic heterocycles. The second-order valence-electron chi connectivity index (χ2n) is 19.6. The molecule has 0 amide bonds. The van der Waals surface area contributed by atoms with E-state index in [9.17, 15) is 0 Å². The normalized spacial score (nSPS) is 12.5. The highest BCUT2D eigenvalue weighted by Crippen LogP contribution is 2.41. The lowest BCUT2D eigenvalue weighted by molar-refractivity contribution is 0.413. The first-order chi connectivity index (χ1) is 36.7. The van der Waals surface area contributed by atoms with Crippen LogP contribution in [-0.4, -0.2) is 32.1 Å². The van der Waals surface area contributed by atoms with E-state index in [0.717, 1.165) is 78.5 Å². The van der Waals surface area contributed by atoms with E-state index in [2.05, 4.69) is 261 Å². The maximum Gasteiger partial charge on any atom is 0.255 e. The van der Waals surface area contributed by atoms with Crippen LogP contribution in [0.25, 0.3) is 110 Å². The highest BCUT2D eigenvalue weighted by Gasteiger charge is 2.37. The van der Waals surface area contributed by atoms with Gasteiger partial charge in [-0.05, 0) is 84.3 Å². The van der Waals surface area contributed by atoms with E-state index >= 15 is 0 Å². The number of rotatable bonds is 6. The number of para-hydroxylation sites is 7. The van der Waals surface area contributed by atoms with Crippen molar-refractivity contribution in [1.82, 2.24) is 18.3 Å². The van der Waals surface area contributed by atoms with Crippen LogP contribution in [0, 0.1) is 0 Å². The summed E-state index contributed by atoms with van der Waals surface area (Å²) in [7, 11) is 1.78. The van der Waals surface area contributed by atoms with E-state index in [1.54, 1.807) is 7.11 Å². The van der Waals surface area contributed by atoms with Gasteiger partial charge in [0.05, 0.1) is 56.9 Å². The zero-order chi connectivity index (χ0) is 48.6. The third-order valence-electron chi connectivity index (χ3n) is 15.8. The second kappa shape index (κ2) is 15.6. The van der Waals surface area contributed by atoms with E-state index in [1.807, 2.05) is 0 Å². The van der Waals surface area contributed by atoms with E-state index in [0.29, 0.717) is 0 Å². The summed E-state index contributed by atoms with van der Waals surface area (Å²) in [4.78, 5) is 0. The molecule has 11 aromatic carbocycles. The summed E-state index contributed by atoms with van der Waals surface area (Å²) in [6.45, 7) is -0.205. The van der Waals surface area contributed by atoms with Crippen LogP contribution in [0.4, 0.5) is 0 Å². The summed E-state index contributed by atoms with van der Waals surface area (Å²) < 4.78 is 23.3. The summed E-state index contributed by atoms with van der Waals surface area (Å²) in [6, 6.07) is 88.0. The van der Waals surface area contributed by atoms with E-state index in [4.69, 9.17) is 9.47 Å². The van der Waals surface area contributed by atoms with Crippen molar-refractivity contribution in [3.05, 3.63) is 243 Å². The Labute approximate surface area is 425 Å². The van der Waals surface area contributed by atoms with Gasteiger partial charge in [0.15, 0.2) is 0 Å². The Morgan fingerprint density at radius 1 is 0.311 bits per heavy atom. The van der Waals surface area contributed by atoms with Gasteiger partial charge in [-0.2, -0.15) is 0 Å². The molecule has 0 radical (unpaired) electrons. The monoisotopic (exact) mass is 946 g/mol. The third-order valence-corrected chi connectivity index (χ3v) is 15.8. The maximum absolute atomic E-state index is 7.31. The van der Waals surface area contributed by atoms with Crippen LogP contribution < -0.4 is 25.9 Å². The van der Waals surface area contributed by atoms with Gasteiger partial charge in [-0.15, -0.1) is 0 Å². The SMILES string of the molecule is COc1cc(-n2c3ccccc3c3ccccc32)cc2c1B(c1ccc(-n3c4ccccc4c4ccccc43)cc1)c1ccc(-n3c4ccccc4c4cc(-n5c6ccccc6c6ccccc65)ccc43)cc1O2. The minimum absolute atomic E-state index is 0.205. The number of aromatic nitrogens is 4. The van der Waals surface area contributed by atoms with Crippen molar-refractivity contribution in [2.45, 2.75) is 0 Å². The number of methoxy groups -OCH3 is 1. The molecule has 74 heavy (non-hydrogen) atoms. The summed E-state index contributed by atoms with van der Waals surface area (Å²) in [5, 5.41) is 9.76. The standard InChI is InChI=1S/C67H43BN4O2/c1-73-65-40-46(72-60-27-13-6-20-51(60)52-21-7-14-28-61(52)72)41-66-67(65)68(42-30-32-43(33-31-42)69-56-23-9-2-16-47(56)48-17-3-10-24-57(48)69)55-36-34-45(39-64(55)74-66)71-62-29-15-8-22-53(62)54-38-44(35-37-63(54)71)70-58-25-11-4-18-49(58)50-19-5-12-26-59(50)70/h2-41H,1H3. The Bertz CT molecular complexity index is 4660. The predicted octanol–water partition coefficient (Wildman–Crippen LogP) is 14.7. The average molecular weight is 947 g/mol. The molecule has 16 rings (SSSR count). The summed E-state index contributed by atoms with van der Waals surface area (Å²) in [6.07, 6.45) is 0. The molecule has 346 valence electrons. The van der Waals surface area contributed by atoms with E-state index in [-0.39, 0.29) is 6.71 Å². The lowest BCUT2D eigenvalue weighted by Crippen LogP contribution is -2.55. The Kier molecular flexibility index (Phi) is 8.66. The van der Waals surface area contributed by atoms with Crippen molar-refractivity contribution in [2.24, 2.45) is 0 Å². The molecule has 5 heterocycles. The van der Waals surface area contributed by atoms with Crippen molar-refractivity contribution in [3.63, 3.8) is 0 Å². The fourth-order valence-electron chi connectivity index (χ4n) is 12.7. The van der Waals surface area contributed by atoms with E-state index in [1.165, 1.54) is 65.2 Å². The van der Waals surface area contributed by atoms with Crippen LogP contribution in [0.3, 0.4) is 0 Å². The fourth-order valence-corrected chi connectivity index (χ4v) is 12.7. The molecule has 7 heteroatoms. The molecule has 0 saturated carbocycles. The van der Waals surface area contributed by atoms with Crippen LogP contribution in [0.15, 0.2) is 243 Å². The highest BCUT2D eigenvalue weighted by atomic mass is 16.5. The Balaban J connectivity index is 0.892.